The van der Waals surface area contributed by atoms with E-state index in [0.717, 1.165) is 10.3 Å². The zero-order valence-electron chi connectivity index (χ0n) is 19.9. The Hall–Kier alpha value is -4.24. The number of thiazole rings is 1. The van der Waals surface area contributed by atoms with E-state index in [1.54, 1.807) is 49.6 Å². The maximum absolute atomic E-state index is 15.1. The molecule has 0 radical (unpaired) electrons. The molecule has 3 aromatic carbocycles. The second kappa shape index (κ2) is 8.70. The molecule has 6 rings (SSSR count). The van der Waals surface area contributed by atoms with E-state index < -0.39 is 23.5 Å². The molecule has 9 heteroatoms. The van der Waals surface area contributed by atoms with Gasteiger partial charge in [0.05, 0.1) is 22.9 Å². The van der Waals surface area contributed by atoms with Crippen molar-refractivity contribution >= 4 is 44.1 Å². The highest BCUT2D eigenvalue weighted by molar-refractivity contribution is 7.22. The molecule has 0 aliphatic carbocycles. The second-order valence-electron chi connectivity index (χ2n) is 8.98. The number of halogens is 1. The molecule has 0 spiro atoms. The van der Waals surface area contributed by atoms with Crippen LogP contribution in [0.4, 0.5) is 9.52 Å². The van der Waals surface area contributed by atoms with Crippen molar-refractivity contribution < 1.29 is 28.6 Å². The van der Waals surface area contributed by atoms with Gasteiger partial charge in [0.25, 0.3) is 5.78 Å². The van der Waals surface area contributed by atoms with Crippen LogP contribution in [0.2, 0.25) is 0 Å². The van der Waals surface area contributed by atoms with E-state index in [1.807, 2.05) is 6.92 Å². The van der Waals surface area contributed by atoms with Crippen molar-refractivity contribution in [3.8, 4) is 11.5 Å². The topological polar surface area (TPSA) is 89.0 Å². The van der Waals surface area contributed by atoms with Crippen LogP contribution in [-0.2, 0) is 16.0 Å². The number of hydrogen-bond donors (Lipinski definition) is 1. The molecule has 1 fully saturated rings. The summed E-state index contributed by atoms with van der Waals surface area (Å²) in [5.74, 6) is -1.46. The average molecular weight is 517 g/mol. The van der Waals surface area contributed by atoms with Crippen LogP contribution in [0.3, 0.4) is 0 Å². The highest BCUT2D eigenvalue weighted by atomic mass is 32.1. The first kappa shape index (κ1) is 23.2. The van der Waals surface area contributed by atoms with Gasteiger partial charge in [0, 0.05) is 17.5 Å². The molecule has 37 heavy (non-hydrogen) atoms. The molecular formula is C28H21FN2O5S. The van der Waals surface area contributed by atoms with Crippen LogP contribution in [0.25, 0.3) is 16.0 Å². The van der Waals surface area contributed by atoms with Gasteiger partial charge in [-0.15, -0.1) is 0 Å². The third kappa shape index (κ3) is 3.74. The Balaban J connectivity index is 1.54. The number of Topliss-reactive ketones (excluding diaryl/α,β-unsaturated/α-hetero) is 1. The molecular weight excluding hydrogens is 495 g/mol. The lowest BCUT2D eigenvalue weighted by Crippen LogP contribution is -2.29. The summed E-state index contributed by atoms with van der Waals surface area (Å²) >= 11 is 1.18. The summed E-state index contributed by atoms with van der Waals surface area (Å²) in [6.07, 6.45) is 0.644. The van der Waals surface area contributed by atoms with Gasteiger partial charge in [-0.3, -0.25) is 14.5 Å². The summed E-state index contributed by atoms with van der Waals surface area (Å²) in [4.78, 5) is 32.5. The number of carbonyl (C=O) groups excluding carboxylic acids is 2. The van der Waals surface area contributed by atoms with Crippen molar-refractivity contribution in [3.63, 3.8) is 0 Å². The minimum Gasteiger partial charge on any atom is -0.507 e. The lowest BCUT2D eigenvalue weighted by Gasteiger charge is -2.23. The minimum absolute atomic E-state index is 0.00551. The quantitative estimate of drug-likeness (QED) is 0.222. The fourth-order valence-corrected chi connectivity index (χ4v) is 5.89. The number of aliphatic hydroxyl groups is 1. The Morgan fingerprint density at radius 1 is 1.16 bits per heavy atom. The van der Waals surface area contributed by atoms with Crippen LogP contribution >= 0.6 is 11.3 Å². The van der Waals surface area contributed by atoms with Crippen molar-refractivity contribution in [1.29, 1.82) is 0 Å². The van der Waals surface area contributed by atoms with E-state index >= 15 is 4.39 Å². The van der Waals surface area contributed by atoms with E-state index in [0.29, 0.717) is 29.0 Å². The van der Waals surface area contributed by atoms with Crippen LogP contribution < -0.4 is 14.4 Å². The molecule has 186 valence electrons. The number of anilines is 1. The predicted molar refractivity (Wildman–Crippen MR) is 138 cm³/mol. The number of aliphatic hydroxyl groups excluding tert-OH is 1. The van der Waals surface area contributed by atoms with Gasteiger partial charge in [-0.1, -0.05) is 29.5 Å². The van der Waals surface area contributed by atoms with Gasteiger partial charge in [-0.2, -0.15) is 0 Å². The minimum atomic E-state index is -1.20. The van der Waals surface area contributed by atoms with Crippen LogP contribution in [0.15, 0.2) is 66.2 Å². The van der Waals surface area contributed by atoms with Crippen LogP contribution in [0.5, 0.6) is 11.5 Å². The molecule has 1 saturated heterocycles. The number of rotatable bonds is 4. The van der Waals surface area contributed by atoms with Gasteiger partial charge in [0.1, 0.15) is 35.2 Å². The lowest BCUT2D eigenvalue weighted by atomic mass is 9.94. The first-order valence-corrected chi connectivity index (χ1v) is 12.5. The van der Waals surface area contributed by atoms with Crippen molar-refractivity contribution in [2.24, 2.45) is 0 Å². The molecule has 3 heterocycles. The van der Waals surface area contributed by atoms with E-state index in [1.165, 1.54) is 34.4 Å². The number of ketones is 1. The third-order valence-electron chi connectivity index (χ3n) is 6.60. The monoisotopic (exact) mass is 516 g/mol. The first-order valence-electron chi connectivity index (χ1n) is 11.7. The summed E-state index contributed by atoms with van der Waals surface area (Å²) in [6.45, 7) is 1.94. The van der Waals surface area contributed by atoms with Gasteiger partial charge in [0.15, 0.2) is 5.13 Å². The Labute approximate surface area is 215 Å². The molecule has 0 bridgehead atoms. The number of aromatic nitrogens is 1. The van der Waals surface area contributed by atoms with Crippen molar-refractivity contribution in [1.82, 2.24) is 4.98 Å². The van der Waals surface area contributed by atoms with E-state index in [-0.39, 0.29) is 28.1 Å². The Kier molecular flexibility index (Phi) is 5.45. The van der Waals surface area contributed by atoms with Crippen LogP contribution in [-0.4, -0.2) is 35.0 Å². The maximum atomic E-state index is 15.1. The van der Waals surface area contributed by atoms with Crippen molar-refractivity contribution in [2.75, 3.05) is 12.0 Å². The standard InChI is InChI=1S/C28H21FN2O5S/c1-14-11-16-12-15(7-10-21(16)36-14)25(32)23-24(18-5-3-4-6-19(18)29)31(27(34)26(23)33)28-30-20-9-8-17(35-2)13-22(20)37-28/h3-10,12-14,24,32H,11H2,1-2H3/t14-,24-/m1/s1. The highest BCUT2D eigenvalue weighted by Crippen LogP contribution is 2.45. The van der Waals surface area contributed by atoms with Crippen LogP contribution in [0, 0.1) is 5.82 Å². The zero-order valence-corrected chi connectivity index (χ0v) is 20.7. The van der Waals surface area contributed by atoms with Crippen molar-refractivity contribution in [2.45, 2.75) is 25.5 Å². The number of fused-ring (bicyclic) bond motifs is 2. The molecule has 1 amide bonds. The number of nitrogens with zero attached hydrogens (tertiary/aromatic N) is 2. The number of methoxy groups -OCH3 is 1. The zero-order chi connectivity index (χ0) is 25.8. The number of benzene rings is 3. The lowest BCUT2D eigenvalue weighted by molar-refractivity contribution is -0.132. The molecule has 2 atom stereocenters. The SMILES string of the molecule is COc1ccc2nc(N3C(=O)C(=O)C(=C(O)c4ccc5c(c4)C[C@@H](C)O5)[C@H]3c3ccccc3F)sc2c1. The maximum Gasteiger partial charge on any atom is 0.301 e. The van der Waals surface area contributed by atoms with Gasteiger partial charge in [-0.05, 0) is 55.0 Å². The fraction of sp³-hybridized carbons (Fsp3) is 0.179. The Morgan fingerprint density at radius 2 is 1.97 bits per heavy atom. The molecule has 0 unspecified atom stereocenters. The Bertz CT molecular complexity index is 1630. The van der Waals surface area contributed by atoms with Gasteiger partial charge >= 0.3 is 5.91 Å². The van der Waals surface area contributed by atoms with Gasteiger partial charge in [0.2, 0.25) is 0 Å². The van der Waals surface area contributed by atoms with Gasteiger partial charge in [-0.25, -0.2) is 9.37 Å². The molecule has 2 aliphatic rings. The van der Waals surface area contributed by atoms with Crippen LogP contribution in [0.1, 0.15) is 29.7 Å². The molecule has 7 nitrogen and oxygen atoms in total. The molecule has 1 aromatic heterocycles. The van der Waals surface area contributed by atoms with Crippen molar-refractivity contribution in [3.05, 3.63) is 88.7 Å². The third-order valence-corrected chi connectivity index (χ3v) is 7.62. The second-order valence-corrected chi connectivity index (χ2v) is 9.98. The number of ether oxygens (including phenoxy) is 2. The normalized spacial score (nSPS) is 20.4. The Morgan fingerprint density at radius 3 is 2.76 bits per heavy atom. The summed E-state index contributed by atoms with van der Waals surface area (Å²) < 4.78 is 26.9. The summed E-state index contributed by atoms with van der Waals surface area (Å²) in [7, 11) is 1.55. The number of amides is 1. The van der Waals surface area contributed by atoms with Gasteiger partial charge < -0.3 is 14.6 Å². The molecule has 2 aliphatic heterocycles. The van der Waals surface area contributed by atoms with E-state index in [4.69, 9.17) is 9.47 Å². The molecule has 4 aromatic rings. The summed E-state index contributed by atoms with van der Waals surface area (Å²) in [5, 5.41) is 11.6. The van der Waals surface area contributed by atoms with E-state index in [9.17, 15) is 14.7 Å². The first-order chi connectivity index (χ1) is 17.9. The number of carbonyl (C=O) groups is 2. The highest BCUT2D eigenvalue weighted by Gasteiger charge is 2.49. The summed E-state index contributed by atoms with van der Waals surface area (Å²) in [6, 6.07) is 15.1. The number of hydrogen-bond acceptors (Lipinski definition) is 7. The van der Waals surface area contributed by atoms with E-state index in [2.05, 4.69) is 4.98 Å². The molecule has 0 saturated carbocycles. The molecule has 1 N–H and O–H groups in total. The predicted octanol–water partition coefficient (Wildman–Crippen LogP) is 5.39. The largest absolute Gasteiger partial charge is 0.507 e. The fourth-order valence-electron chi connectivity index (χ4n) is 4.87. The smallest absolute Gasteiger partial charge is 0.301 e. The average Bonchev–Trinajstić information content (AvgIpc) is 3.55. The summed E-state index contributed by atoms with van der Waals surface area (Å²) in [5.41, 5.74) is 1.72.